The van der Waals surface area contributed by atoms with E-state index in [9.17, 15) is 5.11 Å². The van der Waals surface area contributed by atoms with Crippen molar-refractivity contribution < 1.29 is 9.84 Å². The Kier molecular flexibility index (Phi) is 6.22. The van der Waals surface area contributed by atoms with Gasteiger partial charge in [-0.3, -0.25) is 4.90 Å². The number of benzene rings is 1. The van der Waals surface area contributed by atoms with Gasteiger partial charge in [-0.2, -0.15) is 0 Å². The third-order valence-electron chi connectivity index (χ3n) is 2.79. The zero-order valence-corrected chi connectivity index (χ0v) is 12.4. The van der Waals surface area contributed by atoms with Crippen molar-refractivity contribution in [3.8, 4) is 5.75 Å². The second kappa shape index (κ2) is 7.19. The molecule has 0 atom stereocenters. The van der Waals surface area contributed by atoms with Gasteiger partial charge in [-0.15, -0.1) is 0 Å². The molecule has 102 valence electrons. The van der Waals surface area contributed by atoms with Gasteiger partial charge < -0.3 is 9.84 Å². The van der Waals surface area contributed by atoms with Gasteiger partial charge in [0, 0.05) is 36.8 Å². The van der Waals surface area contributed by atoms with Crippen molar-refractivity contribution in [2.75, 3.05) is 20.3 Å². The van der Waals surface area contributed by atoms with Crippen molar-refractivity contribution in [1.82, 2.24) is 4.90 Å². The van der Waals surface area contributed by atoms with E-state index >= 15 is 0 Å². The highest BCUT2D eigenvalue weighted by atomic mass is 35.5. The normalized spacial score (nSPS) is 11.5. The zero-order chi connectivity index (χ0) is 13.7. The number of aromatic hydroxyl groups is 1. The van der Waals surface area contributed by atoms with Gasteiger partial charge in [0.25, 0.3) is 0 Å². The summed E-state index contributed by atoms with van der Waals surface area (Å²) in [5.74, 6) is 0.101. The molecule has 0 fully saturated rings. The number of phenols is 1. The standard InChI is InChI=1S/C13H19Cl2NO2/c1-9(2)16(4-5-18-3)8-10-6-11(14)7-12(15)13(10)17/h6-7,9,17H,4-5,8H2,1-3H3. The van der Waals surface area contributed by atoms with Crippen molar-refractivity contribution in [3.05, 3.63) is 27.7 Å². The summed E-state index contributed by atoms with van der Waals surface area (Å²) in [7, 11) is 1.67. The van der Waals surface area contributed by atoms with E-state index in [4.69, 9.17) is 27.9 Å². The summed E-state index contributed by atoms with van der Waals surface area (Å²) in [6, 6.07) is 3.62. The highest BCUT2D eigenvalue weighted by Gasteiger charge is 2.14. The van der Waals surface area contributed by atoms with Crippen molar-refractivity contribution in [2.45, 2.75) is 26.4 Å². The smallest absolute Gasteiger partial charge is 0.138 e. The molecule has 0 spiro atoms. The molecule has 0 heterocycles. The van der Waals surface area contributed by atoms with Crippen molar-refractivity contribution >= 4 is 23.2 Å². The van der Waals surface area contributed by atoms with Crippen LogP contribution in [0.5, 0.6) is 5.75 Å². The number of nitrogens with zero attached hydrogens (tertiary/aromatic N) is 1. The van der Waals surface area contributed by atoms with Crippen LogP contribution in [0.1, 0.15) is 19.4 Å². The lowest BCUT2D eigenvalue weighted by molar-refractivity contribution is 0.124. The fourth-order valence-corrected chi connectivity index (χ4v) is 2.22. The van der Waals surface area contributed by atoms with E-state index < -0.39 is 0 Å². The van der Waals surface area contributed by atoms with Crippen LogP contribution in [0, 0.1) is 0 Å². The van der Waals surface area contributed by atoms with Gasteiger partial charge in [-0.1, -0.05) is 23.2 Å². The number of hydrogen-bond acceptors (Lipinski definition) is 3. The Bertz CT molecular complexity index is 397. The molecule has 0 amide bonds. The van der Waals surface area contributed by atoms with Crippen LogP contribution in [-0.4, -0.2) is 36.3 Å². The maximum absolute atomic E-state index is 9.93. The molecule has 0 saturated carbocycles. The zero-order valence-electron chi connectivity index (χ0n) is 10.9. The van der Waals surface area contributed by atoms with Crippen LogP contribution in [0.15, 0.2) is 12.1 Å². The predicted molar refractivity (Wildman–Crippen MR) is 75.5 cm³/mol. The van der Waals surface area contributed by atoms with Gasteiger partial charge in [-0.25, -0.2) is 0 Å². The van der Waals surface area contributed by atoms with E-state index in [1.807, 2.05) is 0 Å². The molecule has 0 radical (unpaired) electrons. The minimum Gasteiger partial charge on any atom is -0.506 e. The van der Waals surface area contributed by atoms with Crippen molar-refractivity contribution in [1.29, 1.82) is 0 Å². The van der Waals surface area contributed by atoms with E-state index in [0.717, 1.165) is 12.1 Å². The molecule has 0 bridgehead atoms. The Hall–Kier alpha value is -0.480. The summed E-state index contributed by atoms with van der Waals surface area (Å²) in [5, 5.41) is 10.7. The Balaban J connectivity index is 2.86. The lowest BCUT2D eigenvalue weighted by atomic mass is 10.1. The molecule has 1 aromatic rings. The van der Waals surface area contributed by atoms with Gasteiger partial charge >= 0.3 is 0 Å². The molecule has 0 saturated heterocycles. The number of hydrogen-bond donors (Lipinski definition) is 1. The fraction of sp³-hybridized carbons (Fsp3) is 0.538. The van der Waals surface area contributed by atoms with Gasteiger partial charge in [0.1, 0.15) is 5.75 Å². The summed E-state index contributed by atoms with van der Waals surface area (Å²) in [6.07, 6.45) is 0. The number of rotatable bonds is 6. The predicted octanol–water partition coefficient (Wildman–Crippen LogP) is 3.56. The van der Waals surface area contributed by atoms with Gasteiger partial charge in [0.2, 0.25) is 0 Å². The first-order valence-electron chi connectivity index (χ1n) is 5.85. The Labute approximate surface area is 118 Å². The third-order valence-corrected chi connectivity index (χ3v) is 3.30. The summed E-state index contributed by atoms with van der Waals surface area (Å²) in [6.45, 7) is 6.22. The molecule has 0 aliphatic carbocycles. The van der Waals surface area contributed by atoms with Crippen LogP contribution in [0.2, 0.25) is 10.0 Å². The molecule has 18 heavy (non-hydrogen) atoms. The lowest BCUT2D eigenvalue weighted by Gasteiger charge is -2.26. The minimum atomic E-state index is 0.101. The maximum atomic E-state index is 9.93. The topological polar surface area (TPSA) is 32.7 Å². The van der Waals surface area contributed by atoms with Crippen LogP contribution >= 0.6 is 23.2 Å². The fourth-order valence-electron chi connectivity index (χ4n) is 1.69. The number of ether oxygens (including phenoxy) is 1. The first kappa shape index (κ1) is 15.6. The summed E-state index contributed by atoms with van der Waals surface area (Å²) in [5.41, 5.74) is 0.734. The lowest BCUT2D eigenvalue weighted by Crippen LogP contribution is -2.33. The molecule has 1 N–H and O–H groups in total. The van der Waals surface area contributed by atoms with Gasteiger partial charge in [0.15, 0.2) is 0 Å². The van der Waals surface area contributed by atoms with Crippen LogP contribution in [-0.2, 0) is 11.3 Å². The SMILES string of the molecule is COCCN(Cc1cc(Cl)cc(Cl)c1O)C(C)C. The third kappa shape index (κ3) is 4.32. The van der Waals surface area contributed by atoms with E-state index in [1.165, 1.54) is 6.07 Å². The number of halogens is 2. The largest absolute Gasteiger partial charge is 0.506 e. The first-order valence-corrected chi connectivity index (χ1v) is 6.61. The molecule has 5 heteroatoms. The average molecular weight is 292 g/mol. The summed E-state index contributed by atoms with van der Waals surface area (Å²) in [4.78, 5) is 2.19. The van der Waals surface area contributed by atoms with Crippen LogP contribution in [0.4, 0.5) is 0 Å². The molecule has 0 unspecified atom stereocenters. The van der Waals surface area contributed by atoms with E-state index in [0.29, 0.717) is 24.2 Å². The molecular weight excluding hydrogens is 273 g/mol. The Morgan fingerprint density at radius 3 is 2.56 bits per heavy atom. The van der Waals surface area contributed by atoms with Gasteiger partial charge in [0.05, 0.1) is 11.6 Å². The van der Waals surface area contributed by atoms with Crippen molar-refractivity contribution in [3.63, 3.8) is 0 Å². The molecule has 0 aliphatic rings. The molecular formula is C13H19Cl2NO2. The van der Waals surface area contributed by atoms with Crippen LogP contribution in [0.25, 0.3) is 0 Å². The highest BCUT2D eigenvalue weighted by molar-refractivity contribution is 6.35. The number of methoxy groups -OCH3 is 1. The molecule has 1 rings (SSSR count). The summed E-state index contributed by atoms with van der Waals surface area (Å²) < 4.78 is 5.08. The second-order valence-electron chi connectivity index (χ2n) is 4.45. The molecule has 1 aromatic carbocycles. The van der Waals surface area contributed by atoms with E-state index in [-0.39, 0.29) is 10.8 Å². The molecule has 0 aliphatic heterocycles. The van der Waals surface area contributed by atoms with Crippen LogP contribution in [0.3, 0.4) is 0 Å². The molecule has 0 aromatic heterocycles. The monoisotopic (exact) mass is 291 g/mol. The van der Waals surface area contributed by atoms with E-state index in [1.54, 1.807) is 13.2 Å². The second-order valence-corrected chi connectivity index (χ2v) is 5.30. The Morgan fingerprint density at radius 2 is 2.00 bits per heavy atom. The van der Waals surface area contributed by atoms with Gasteiger partial charge in [-0.05, 0) is 26.0 Å². The maximum Gasteiger partial charge on any atom is 0.138 e. The minimum absolute atomic E-state index is 0.101. The first-order chi connectivity index (χ1) is 8.45. The Morgan fingerprint density at radius 1 is 1.33 bits per heavy atom. The van der Waals surface area contributed by atoms with Crippen molar-refractivity contribution in [2.24, 2.45) is 0 Å². The summed E-state index contributed by atoms with van der Waals surface area (Å²) >= 11 is 11.9. The van der Waals surface area contributed by atoms with Crippen LogP contribution < -0.4 is 0 Å². The number of phenolic OH excluding ortho intramolecular Hbond substituents is 1. The highest BCUT2D eigenvalue weighted by Crippen LogP contribution is 2.32. The van der Waals surface area contributed by atoms with E-state index in [2.05, 4.69) is 18.7 Å². The molecule has 3 nitrogen and oxygen atoms in total. The quantitative estimate of drug-likeness (QED) is 0.870. The average Bonchev–Trinajstić information content (AvgIpc) is 2.29.